The highest BCUT2D eigenvalue weighted by Crippen LogP contribution is 2.22. The van der Waals surface area contributed by atoms with Gasteiger partial charge in [0, 0.05) is 25.9 Å². The number of rotatable bonds is 7. The summed E-state index contributed by atoms with van der Waals surface area (Å²) in [6.07, 6.45) is 0.884. The van der Waals surface area contributed by atoms with E-state index in [4.69, 9.17) is 5.11 Å². The number of hydrogen-bond acceptors (Lipinski definition) is 3. The Morgan fingerprint density at radius 3 is 2.62 bits per heavy atom. The van der Waals surface area contributed by atoms with Gasteiger partial charge in [0.15, 0.2) is 0 Å². The van der Waals surface area contributed by atoms with Crippen LogP contribution >= 0.6 is 0 Å². The average Bonchev–Trinajstić information content (AvgIpc) is 2.88. The number of benzene rings is 1. The molecule has 1 aromatic rings. The maximum atomic E-state index is 12.4. The molecule has 2 N–H and O–H groups in total. The second kappa shape index (κ2) is 7.95. The Labute approximate surface area is 141 Å². The topological polar surface area (TPSA) is 86.7 Å². The molecule has 130 valence electrons. The zero-order valence-corrected chi connectivity index (χ0v) is 14.1. The van der Waals surface area contributed by atoms with Crippen molar-refractivity contribution in [1.29, 1.82) is 0 Å². The van der Waals surface area contributed by atoms with Gasteiger partial charge in [-0.25, -0.2) is 0 Å². The number of carbonyl (C=O) groups excluding carboxylic acids is 2. The fourth-order valence-corrected chi connectivity index (χ4v) is 2.86. The van der Waals surface area contributed by atoms with Crippen molar-refractivity contribution in [2.24, 2.45) is 5.92 Å². The summed E-state index contributed by atoms with van der Waals surface area (Å²) in [7, 11) is 0. The summed E-state index contributed by atoms with van der Waals surface area (Å²) < 4.78 is 0. The summed E-state index contributed by atoms with van der Waals surface area (Å²) in [6, 6.07) is 7.42. The Morgan fingerprint density at radius 1 is 1.33 bits per heavy atom. The highest BCUT2D eigenvalue weighted by atomic mass is 16.4. The van der Waals surface area contributed by atoms with E-state index in [1.165, 1.54) is 0 Å². The molecule has 1 aromatic carbocycles. The van der Waals surface area contributed by atoms with E-state index in [-0.39, 0.29) is 24.2 Å². The first kappa shape index (κ1) is 18.0. The third-order valence-corrected chi connectivity index (χ3v) is 4.25. The van der Waals surface area contributed by atoms with E-state index in [0.717, 1.165) is 11.1 Å². The van der Waals surface area contributed by atoms with E-state index >= 15 is 0 Å². The van der Waals surface area contributed by atoms with Crippen LogP contribution in [0.4, 0.5) is 0 Å². The van der Waals surface area contributed by atoms with Gasteiger partial charge in [0.1, 0.15) is 6.04 Å². The molecular formula is C18H24N2O4. The molecule has 2 rings (SSSR count). The van der Waals surface area contributed by atoms with Gasteiger partial charge < -0.3 is 15.3 Å². The molecule has 1 saturated heterocycles. The summed E-state index contributed by atoms with van der Waals surface area (Å²) in [4.78, 5) is 36.8. The molecule has 6 nitrogen and oxygen atoms in total. The first-order valence-electron chi connectivity index (χ1n) is 8.21. The minimum absolute atomic E-state index is 0.0109. The van der Waals surface area contributed by atoms with Crippen LogP contribution in [0.15, 0.2) is 24.3 Å². The predicted octanol–water partition coefficient (Wildman–Crippen LogP) is 1.71. The lowest BCUT2D eigenvalue weighted by Gasteiger charge is -2.24. The van der Waals surface area contributed by atoms with Crippen LogP contribution in [0.1, 0.15) is 37.3 Å². The molecule has 1 aliphatic heterocycles. The largest absolute Gasteiger partial charge is 0.481 e. The van der Waals surface area contributed by atoms with E-state index in [1.807, 2.05) is 31.2 Å². The van der Waals surface area contributed by atoms with Crippen LogP contribution in [0.5, 0.6) is 0 Å². The average molecular weight is 332 g/mol. The van der Waals surface area contributed by atoms with Gasteiger partial charge in [0.25, 0.3) is 0 Å². The Kier molecular flexibility index (Phi) is 5.95. The molecule has 2 amide bonds. The van der Waals surface area contributed by atoms with Crippen molar-refractivity contribution >= 4 is 17.8 Å². The minimum Gasteiger partial charge on any atom is -0.481 e. The molecule has 1 fully saturated rings. The second-order valence-corrected chi connectivity index (χ2v) is 6.51. The number of carboxylic acid groups (broad SMARTS) is 1. The number of carboxylic acids is 1. The van der Waals surface area contributed by atoms with Crippen molar-refractivity contribution in [3.63, 3.8) is 0 Å². The summed E-state index contributed by atoms with van der Waals surface area (Å²) in [5.41, 5.74) is 2.14. The van der Waals surface area contributed by atoms with Crippen LogP contribution in [0.2, 0.25) is 0 Å². The molecule has 0 spiro atoms. The van der Waals surface area contributed by atoms with Crippen molar-refractivity contribution in [3.8, 4) is 0 Å². The highest BCUT2D eigenvalue weighted by molar-refractivity contribution is 5.90. The number of amides is 2. The summed E-state index contributed by atoms with van der Waals surface area (Å²) in [5, 5.41) is 11.5. The molecule has 0 aromatic heterocycles. The van der Waals surface area contributed by atoms with Crippen molar-refractivity contribution in [1.82, 2.24) is 10.2 Å². The smallest absolute Gasteiger partial charge is 0.303 e. The van der Waals surface area contributed by atoms with Gasteiger partial charge in [0.2, 0.25) is 11.8 Å². The Bertz CT molecular complexity index is 612. The summed E-state index contributed by atoms with van der Waals surface area (Å²) in [6.45, 7) is 4.49. The lowest BCUT2D eigenvalue weighted by atomic mass is 10.1. The standard InChI is InChI=1S/C18H24N2O4/c1-12-3-5-14(6-4-12)11-20-15(7-8-16(20)21)18(24)19-10-13(2)9-17(22)23/h3-6,13,15H,7-11H2,1-2H3,(H,19,24)(H,22,23). The van der Waals surface area contributed by atoms with Crippen LogP contribution in [0.3, 0.4) is 0 Å². The van der Waals surface area contributed by atoms with Crippen LogP contribution in [0, 0.1) is 12.8 Å². The molecule has 0 saturated carbocycles. The van der Waals surface area contributed by atoms with Crippen LogP contribution < -0.4 is 5.32 Å². The van der Waals surface area contributed by atoms with Gasteiger partial charge >= 0.3 is 5.97 Å². The van der Waals surface area contributed by atoms with Crippen molar-refractivity contribution < 1.29 is 19.5 Å². The Hall–Kier alpha value is -2.37. The van der Waals surface area contributed by atoms with Crippen molar-refractivity contribution in [3.05, 3.63) is 35.4 Å². The minimum atomic E-state index is -0.881. The monoisotopic (exact) mass is 332 g/mol. The van der Waals surface area contributed by atoms with Gasteiger partial charge in [-0.15, -0.1) is 0 Å². The van der Waals surface area contributed by atoms with Crippen LogP contribution in [0.25, 0.3) is 0 Å². The molecule has 0 radical (unpaired) electrons. The SMILES string of the molecule is Cc1ccc(CN2C(=O)CCC2C(=O)NCC(C)CC(=O)O)cc1. The van der Waals surface area contributed by atoms with Crippen molar-refractivity contribution in [2.75, 3.05) is 6.54 Å². The second-order valence-electron chi connectivity index (χ2n) is 6.51. The fraction of sp³-hybridized carbons (Fsp3) is 0.500. The molecular weight excluding hydrogens is 308 g/mol. The van der Waals surface area contributed by atoms with E-state index in [1.54, 1.807) is 11.8 Å². The maximum Gasteiger partial charge on any atom is 0.303 e. The lowest BCUT2D eigenvalue weighted by molar-refractivity contribution is -0.138. The van der Waals surface area contributed by atoms with Gasteiger partial charge in [-0.3, -0.25) is 14.4 Å². The molecule has 0 aliphatic carbocycles. The third-order valence-electron chi connectivity index (χ3n) is 4.25. The number of likely N-dealkylation sites (tertiary alicyclic amines) is 1. The number of nitrogens with zero attached hydrogens (tertiary/aromatic N) is 1. The normalized spacial score (nSPS) is 18.5. The van der Waals surface area contributed by atoms with Crippen molar-refractivity contribution in [2.45, 2.75) is 45.7 Å². The number of nitrogens with one attached hydrogen (secondary N) is 1. The lowest BCUT2D eigenvalue weighted by Crippen LogP contribution is -2.45. The van der Waals surface area contributed by atoms with Gasteiger partial charge in [-0.2, -0.15) is 0 Å². The van der Waals surface area contributed by atoms with E-state index in [0.29, 0.717) is 25.9 Å². The van der Waals surface area contributed by atoms with Crippen LogP contribution in [-0.2, 0) is 20.9 Å². The number of aliphatic carboxylic acids is 1. The molecule has 2 unspecified atom stereocenters. The summed E-state index contributed by atoms with van der Waals surface area (Å²) in [5.74, 6) is -1.25. The molecule has 1 heterocycles. The quantitative estimate of drug-likeness (QED) is 0.796. The first-order chi connectivity index (χ1) is 11.4. The molecule has 1 aliphatic rings. The predicted molar refractivity (Wildman–Crippen MR) is 89.2 cm³/mol. The summed E-state index contributed by atoms with van der Waals surface area (Å²) >= 11 is 0. The first-order valence-corrected chi connectivity index (χ1v) is 8.21. The van der Waals surface area contributed by atoms with E-state index < -0.39 is 12.0 Å². The molecule has 6 heteroatoms. The maximum absolute atomic E-state index is 12.4. The Morgan fingerprint density at radius 2 is 2.00 bits per heavy atom. The zero-order chi connectivity index (χ0) is 17.7. The third kappa shape index (κ3) is 4.81. The van der Waals surface area contributed by atoms with Gasteiger partial charge in [-0.1, -0.05) is 36.8 Å². The van der Waals surface area contributed by atoms with E-state index in [9.17, 15) is 14.4 Å². The number of hydrogen-bond donors (Lipinski definition) is 2. The van der Waals surface area contributed by atoms with E-state index in [2.05, 4.69) is 5.32 Å². The molecule has 0 bridgehead atoms. The van der Waals surface area contributed by atoms with Crippen LogP contribution in [-0.4, -0.2) is 40.4 Å². The zero-order valence-electron chi connectivity index (χ0n) is 14.1. The Balaban J connectivity index is 1.94. The van der Waals surface area contributed by atoms with Gasteiger partial charge in [0.05, 0.1) is 0 Å². The molecule has 24 heavy (non-hydrogen) atoms. The fourth-order valence-electron chi connectivity index (χ4n) is 2.86. The van der Waals surface area contributed by atoms with Gasteiger partial charge in [-0.05, 0) is 24.8 Å². The number of aryl methyl sites for hydroxylation is 1. The molecule has 2 atom stereocenters. The number of carbonyl (C=O) groups is 3. The highest BCUT2D eigenvalue weighted by Gasteiger charge is 2.35.